The number of fused-ring (bicyclic) bond motifs is 1. The molecule has 1 heterocycles. The number of nitrogens with two attached hydrogens (primary N) is 1. The average Bonchev–Trinajstić information content (AvgIpc) is 2.15. The van der Waals surface area contributed by atoms with Crippen molar-refractivity contribution in [3.8, 4) is 0 Å². The summed E-state index contributed by atoms with van der Waals surface area (Å²) >= 11 is 5.65. The number of aromatic nitrogens is 2. The van der Waals surface area contributed by atoms with Crippen molar-refractivity contribution in [2.45, 2.75) is 0 Å². The quantitative estimate of drug-likeness (QED) is 0.689. The Bertz CT molecular complexity index is 580. The highest BCUT2D eigenvalue weighted by molar-refractivity contribution is 7.83. The van der Waals surface area contributed by atoms with E-state index < -0.39 is 10.3 Å². The molecule has 2 aromatic rings. The van der Waals surface area contributed by atoms with Gasteiger partial charge in [-0.05, 0) is 12.1 Å². The van der Waals surface area contributed by atoms with E-state index in [0.29, 0.717) is 5.15 Å². The van der Waals surface area contributed by atoms with Gasteiger partial charge in [-0.1, -0.05) is 23.7 Å². The fraction of sp³-hybridized carbons (Fsp3) is 0. The second-order valence-corrected chi connectivity index (χ2v) is 4.11. The number of nitrogens with zero attached hydrogens (tertiary/aromatic N) is 2. The Balaban J connectivity index is 0.000000221. The summed E-state index contributed by atoms with van der Waals surface area (Å²) in [7, 11) is -4.17. The first-order chi connectivity index (χ1) is 7.36. The van der Waals surface area contributed by atoms with Crippen LogP contribution in [-0.2, 0) is 10.3 Å². The first-order valence-electron chi connectivity index (χ1n) is 3.99. The monoisotopic (exact) mass is 261 g/mol. The second-order valence-electron chi connectivity index (χ2n) is 2.70. The van der Waals surface area contributed by atoms with Gasteiger partial charge in [0.2, 0.25) is 0 Å². The lowest BCUT2D eigenvalue weighted by molar-refractivity contribution is 0.485. The zero-order valence-electron chi connectivity index (χ0n) is 7.91. The molecule has 2 rings (SSSR count). The van der Waals surface area contributed by atoms with Crippen LogP contribution in [0.2, 0.25) is 5.15 Å². The molecule has 0 aliphatic rings. The van der Waals surface area contributed by atoms with E-state index in [1.807, 2.05) is 24.3 Å². The van der Waals surface area contributed by atoms with Crippen LogP contribution in [0.4, 0.5) is 0 Å². The van der Waals surface area contributed by atoms with Crippen molar-refractivity contribution in [3.63, 3.8) is 0 Å². The van der Waals surface area contributed by atoms with E-state index in [1.54, 1.807) is 6.20 Å². The van der Waals surface area contributed by atoms with E-state index in [9.17, 15) is 0 Å². The summed E-state index contributed by atoms with van der Waals surface area (Å²) in [6.45, 7) is 0. The van der Waals surface area contributed by atoms with Gasteiger partial charge in [0, 0.05) is 0 Å². The molecule has 0 amide bonds. The van der Waals surface area contributed by atoms with Gasteiger partial charge in [-0.15, -0.1) is 0 Å². The van der Waals surface area contributed by atoms with Crippen LogP contribution >= 0.6 is 11.6 Å². The van der Waals surface area contributed by atoms with Gasteiger partial charge in [-0.2, -0.15) is 8.42 Å². The number of halogens is 1. The fourth-order valence-corrected chi connectivity index (χ4v) is 1.07. The maximum atomic E-state index is 8.97. The summed E-state index contributed by atoms with van der Waals surface area (Å²) in [4.78, 5) is 8.16. The molecule has 0 saturated heterocycles. The highest BCUT2D eigenvalue weighted by Gasteiger charge is 1.93. The SMILES string of the molecule is Clc1cnc2ccccc2n1.NS(=O)(=O)O. The van der Waals surface area contributed by atoms with Gasteiger partial charge in [-0.25, -0.2) is 10.1 Å². The third-order valence-corrected chi connectivity index (χ3v) is 1.60. The molecule has 0 spiro atoms. The predicted molar refractivity (Wildman–Crippen MR) is 60.3 cm³/mol. The molecular formula is C8H8ClN3O3S. The third-order valence-electron chi connectivity index (χ3n) is 1.42. The van der Waals surface area contributed by atoms with Gasteiger partial charge < -0.3 is 0 Å². The molecule has 3 N–H and O–H groups in total. The minimum atomic E-state index is -4.17. The lowest BCUT2D eigenvalue weighted by Crippen LogP contribution is -2.08. The van der Waals surface area contributed by atoms with Gasteiger partial charge in [0.25, 0.3) is 0 Å². The van der Waals surface area contributed by atoms with Gasteiger partial charge >= 0.3 is 10.3 Å². The molecule has 16 heavy (non-hydrogen) atoms. The molecule has 0 atom stereocenters. The summed E-state index contributed by atoms with van der Waals surface area (Å²) in [6.07, 6.45) is 1.55. The van der Waals surface area contributed by atoms with Gasteiger partial charge in [0.1, 0.15) is 5.15 Å². The Morgan fingerprint density at radius 1 is 1.25 bits per heavy atom. The van der Waals surface area contributed by atoms with Crippen LogP contribution < -0.4 is 5.14 Å². The van der Waals surface area contributed by atoms with E-state index in [4.69, 9.17) is 24.6 Å². The van der Waals surface area contributed by atoms with E-state index in [1.165, 1.54) is 0 Å². The normalized spacial score (nSPS) is 10.7. The second kappa shape index (κ2) is 5.17. The van der Waals surface area contributed by atoms with Crippen LogP contribution in [0, 0.1) is 0 Å². The van der Waals surface area contributed by atoms with Crippen molar-refractivity contribution >= 4 is 32.9 Å². The van der Waals surface area contributed by atoms with Crippen molar-refractivity contribution in [2.75, 3.05) is 0 Å². The molecule has 0 aliphatic carbocycles. The van der Waals surface area contributed by atoms with Crippen molar-refractivity contribution in [2.24, 2.45) is 5.14 Å². The number of benzene rings is 1. The predicted octanol–water partition coefficient (Wildman–Crippen LogP) is 1.03. The smallest absolute Gasteiger partial charge is 0.274 e. The molecule has 0 radical (unpaired) electrons. The fourth-order valence-electron chi connectivity index (χ4n) is 0.935. The maximum absolute atomic E-state index is 8.97. The van der Waals surface area contributed by atoms with Gasteiger partial charge in [-0.3, -0.25) is 9.54 Å². The first-order valence-corrected chi connectivity index (χ1v) is 5.87. The van der Waals surface area contributed by atoms with Gasteiger partial charge in [0.15, 0.2) is 0 Å². The number of rotatable bonds is 0. The molecule has 1 aromatic heterocycles. The summed E-state index contributed by atoms with van der Waals surface area (Å²) < 4.78 is 25.2. The van der Waals surface area contributed by atoms with E-state index >= 15 is 0 Å². The van der Waals surface area contributed by atoms with E-state index in [0.717, 1.165) is 11.0 Å². The lowest BCUT2D eigenvalue weighted by atomic mass is 10.3. The topological polar surface area (TPSA) is 106 Å². The number of hydrogen-bond acceptors (Lipinski definition) is 4. The highest BCUT2D eigenvalue weighted by Crippen LogP contribution is 2.10. The largest absolute Gasteiger partial charge is 0.330 e. The van der Waals surface area contributed by atoms with Crippen molar-refractivity contribution in [1.29, 1.82) is 0 Å². The molecule has 6 nitrogen and oxygen atoms in total. The minimum absolute atomic E-state index is 0.434. The summed E-state index contributed by atoms with van der Waals surface area (Å²) in [6, 6.07) is 7.62. The summed E-state index contributed by atoms with van der Waals surface area (Å²) in [5, 5.41) is 4.32. The molecule has 0 saturated carbocycles. The van der Waals surface area contributed by atoms with Crippen LogP contribution in [0.25, 0.3) is 11.0 Å². The van der Waals surface area contributed by atoms with Crippen molar-refractivity contribution < 1.29 is 13.0 Å². The van der Waals surface area contributed by atoms with Crippen molar-refractivity contribution in [3.05, 3.63) is 35.6 Å². The summed E-state index contributed by atoms with van der Waals surface area (Å²) in [5.74, 6) is 0. The third kappa shape index (κ3) is 4.99. The Morgan fingerprint density at radius 2 is 1.75 bits per heavy atom. The van der Waals surface area contributed by atoms with Gasteiger partial charge in [0.05, 0.1) is 17.2 Å². The zero-order valence-corrected chi connectivity index (χ0v) is 9.48. The number of para-hydroxylation sites is 2. The first kappa shape index (κ1) is 12.8. The molecule has 0 bridgehead atoms. The zero-order chi connectivity index (χ0) is 12.2. The van der Waals surface area contributed by atoms with Crippen LogP contribution in [0.5, 0.6) is 0 Å². The molecule has 0 fully saturated rings. The Hall–Kier alpha value is -1.28. The Morgan fingerprint density at radius 3 is 2.31 bits per heavy atom. The lowest BCUT2D eigenvalue weighted by Gasteiger charge is -1.93. The summed E-state index contributed by atoms with van der Waals surface area (Å²) in [5.41, 5.74) is 1.71. The van der Waals surface area contributed by atoms with Crippen LogP contribution in [0.1, 0.15) is 0 Å². The number of hydrogen-bond donors (Lipinski definition) is 2. The molecule has 0 unspecified atom stereocenters. The maximum Gasteiger partial charge on any atom is 0.330 e. The molecule has 8 heteroatoms. The molecule has 0 aliphatic heterocycles. The molecular weight excluding hydrogens is 254 g/mol. The van der Waals surface area contributed by atoms with E-state index in [2.05, 4.69) is 15.1 Å². The highest BCUT2D eigenvalue weighted by atomic mass is 35.5. The van der Waals surface area contributed by atoms with Crippen molar-refractivity contribution in [1.82, 2.24) is 9.97 Å². The average molecular weight is 262 g/mol. The Labute approximate surface area is 97.0 Å². The van der Waals surface area contributed by atoms with E-state index in [-0.39, 0.29) is 0 Å². The molecule has 86 valence electrons. The minimum Gasteiger partial charge on any atom is -0.274 e. The van der Waals surface area contributed by atoms with Crippen LogP contribution in [0.15, 0.2) is 30.5 Å². The molecule has 1 aromatic carbocycles. The van der Waals surface area contributed by atoms with Crippen LogP contribution in [-0.4, -0.2) is 22.9 Å². The Kier molecular flexibility index (Phi) is 4.13. The standard InChI is InChI=1S/C8H5ClN2.H3NO3S/c9-8-5-10-6-3-1-2-4-7(6)11-8;1-5(2,3)4/h1-5H;(H3,1,2,3,4). The van der Waals surface area contributed by atoms with Crippen LogP contribution in [0.3, 0.4) is 0 Å².